The maximum atomic E-state index is 12.6. The molecule has 1 amide bonds. The molecule has 3 aromatic rings. The van der Waals surface area contributed by atoms with Gasteiger partial charge in [-0.05, 0) is 49.4 Å². The van der Waals surface area contributed by atoms with Crippen LogP contribution in [0.5, 0.6) is 5.75 Å². The summed E-state index contributed by atoms with van der Waals surface area (Å²) in [6.07, 6.45) is 5.15. The zero-order chi connectivity index (χ0) is 24.2. The van der Waals surface area contributed by atoms with Gasteiger partial charge in [-0.25, -0.2) is 4.98 Å². The molecule has 0 radical (unpaired) electrons. The van der Waals surface area contributed by atoms with E-state index in [-0.39, 0.29) is 11.9 Å². The van der Waals surface area contributed by atoms with Gasteiger partial charge in [0.25, 0.3) is 0 Å². The number of benzene rings is 2. The van der Waals surface area contributed by atoms with Crippen LogP contribution in [-0.4, -0.2) is 41.5 Å². The molecule has 1 aromatic heterocycles. The van der Waals surface area contributed by atoms with Crippen LogP contribution in [0, 0.1) is 0 Å². The van der Waals surface area contributed by atoms with E-state index < -0.39 is 0 Å². The van der Waals surface area contributed by atoms with Gasteiger partial charge in [-0.2, -0.15) is 4.37 Å². The number of methoxy groups -OCH3 is 1. The fourth-order valence-corrected chi connectivity index (χ4v) is 4.48. The van der Waals surface area contributed by atoms with E-state index in [4.69, 9.17) is 9.72 Å². The summed E-state index contributed by atoms with van der Waals surface area (Å²) >= 11 is 1.41. The molecule has 1 atom stereocenters. The molecular formula is C27H36N4O2S. The van der Waals surface area contributed by atoms with E-state index in [0.717, 1.165) is 54.5 Å². The lowest BCUT2D eigenvalue weighted by Gasteiger charge is -2.21. The third kappa shape index (κ3) is 8.45. The van der Waals surface area contributed by atoms with Crippen molar-refractivity contribution in [1.29, 1.82) is 0 Å². The van der Waals surface area contributed by atoms with Gasteiger partial charge in [0.2, 0.25) is 11.0 Å². The van der Waals surface area contributed by atoms with Crippen molar-refractivity contribution in [3.05, 3.63) is 71.5 Å². The van der Waals surface area contributed by atoms with Crippen LogP contribution >= 0.6 is 11.5 Å². The fourth-order valence-electron chi connectivity index (χ4n) is 3.75. The van der Waals surface area contributed by atoms with E-state index >= 15 is 0 Å². The van der Waals surface area contributed by atoms with Crippen LogP contribution in [0.25, 0.3) is 0 Å². The molecule has 2 aromatic carbocycles. The van der Waals surface area contributed by atoms with Gasteiger partial charge in [0.05, 0.1) is 7.11 Å². The first-order valence-electron chi connectivity index (χ1n) is 12.1. The lowest BCUT2D eigenvalue weighted by atomic mass is 10.1. The minimum absolute atomic E-state index is 0.0863. The summed E-state index contributed by atoms with van der Waals surface area (Å²) in [7, 11) is 1.67. The molecule has 0 aliphatic carbocycles. The number of amides is 1. The van der Waals surface area contributed by atoms with Gasteiger partial charge in [0.1, 0.15) is 11.6 Å². The van der Waals surface area contributed by atoms with Gasteiger partial charge in [-0.15, -0.1) is 0 Å². The highest BCUT2D eigenvalue weighted by atomic mass is 32.1. The van der Waals surface area contributed by atoms with E-state index in [1.165, 1.54) is 17.1 Å². The molecular weight excluding hydrogens is 444 g/mol. The highest BCUT2D eigenvalue weighted by Crippen LogP contribution is 2.21. The molecule has 0 aliphatic rings. The molecule has 0 aliphatic heterocycles. The number of rotatable bonds is 14. The Morgan fingerprint density at radius 2 is 1.91 bits per heavy atom. The van der Waals surface area contributed by atoms with E-state index in [1.54, 1.807) is 7.11 Å². The SMILES string of the molecule is CCCCN(CCC(=O)NC(C)CCc1ccccc1)c1nc(Cc2cccc(OC)c2)ns1. The average molecular weight is 481 g/mol. The molecule has 0 bridgehead atoms. The second kappa shape index (κ2) is 13.7. The molecule has 182 valence electrons. The van der Waals surface area contributed by atoms with E-state index in [0.29, 0.717) is 19.4 Å². The summed E-state index contributed by atoms with van der Waals surface area (Å²) in [5, 5.41) is 4.04. The smallest absolute Gasteiger partial charge is 0.221 e. The number of aromatic nitrogens is 2. The number of ether oxygens (including phenoxy) is 1. The molecule has 7 heteroatoms. The van der Waals surface area contributed by atoms with Crippen molar-refractivity contribution in [2.45, 2.75) is 58.4 Å². The lowest BCUT2D eigenvalue weighted by Crippen LogP contribution is -2.36. The number of anilines is 1. The first kappa shape index (κ1) is 25.7. The summed E-state index contributed by atoms with van der Waals surface area (Å²) < 4.78 is 9.89. The van der Waals surface area contributed by atoms with Crippen LogP contribution in [0.4, 0.5) is 5.13 Å². The van der Waals surface area contributed by atoms with Crippen molar-refractivity contribution in [2.24, 2.45) is 0 Å². The number of hydrogen-bond acceptors (Lipinski definition) is 6. The molecule has 0 saturated heterocycles. The minimum Gasteiger partial charge on any atom is -0.497 e. The predicted octanol–water partition coefficient (Wildman–Crippen LogP) is 5.27. The standard InChI is InChI=1S/C27H36N4O2S/c1-4-5-17-31(18-16-26(32)28-21(2)14-15-22-10-7-6-8-11-22)27-29-25(30-34-27)20-23-12-9-13-24(19-23)33-3/h6-13,19,21H,4-5,14-18,20H2,1-3H3,(H,28,32). The number of carbonyl (C=O) groups is 1. The Hall–Kier alpha value is -2.93. The van der Waals surface area contributed by atoms with Crippen LogP contribution in [-0.2, 0) is 17.6 Å². The van der Waals surface area contributed by atoms with Crippen molar-refractivity contribution in [1.82, 2.24) is 14.7 Å². The van der Waals surface area contributed by atoms with Crippen LogP contribution in [0.15, 0.2) is 54.6 Å². The second-order valence-electron chi connectivity index (χ2n) is 8.60. The lowest BCUT2D eigenvalue weighted by molar-refractivity contribution is -0.121. The third-order valence-corrected chi connectivity index (χ3v) is 6.55. The summed E-state index contributed by atoms with van der Waals surface area (Å²) in [5.41, 5.74) is 2.42. The Morgan fingerprint density at radius 3 is 2.68 bits per heavy atom. The molecule has 6 nitrogen and oxygen atoms in total. The number of nitrogens with one attached hydrogen (secondary N) is 1. The number of unbranched alkanes of at least 4 members (excludes halogenated alkanes) is 1. The van der Waals surface area contributed by atoms with Crippen molar-refractivity contribution >= 4 is 22.6 Å². The Labute approximate surface area is 207 Å². The molecule has 1 unspecified atom stereocenters. The molecule has 0 saturated carbocycles. The van der Waals surface area contributed by atoms with Gasteiger partial charge in [-0.3, -0.25) is 4.79 Å². The normalized spacial score (nSPS) is 11.7. The zero-order valence-corrected chi connectivity index (χ0v) is 21.3. The molecule has 1 N–H and O–H groups in total. The first-order valence-corrected chi connectivity index (χ1v) is 12.9. The molecule has 0 fully saturated rings. The third-order valence-electron chi connectivity index (χ3n) is 5.73. The summed E-state index contributed by atoms with van der Waals surface area (Å²) in [6, 6.07) is 18.5. The van der Waals surface area contributed by atoms with Crippen molar-refractivity contribution in [3.63, 3.8) is 0 Å². The monoisotopic (exact) mass is 480 g/mol. The summed E-state index contributed by atoms with van der Waals surface area (Å²) in [5.74, 6) is 1.72. The molecule has 3 rings (SSSR count). The van der Waals surface area contributed by atoms with Crippen LogP contribution < -0.4 is 15.0 Å². The summed E-state index contributed by atoms with van der Waals surface area (Å²) in [6.45, 7) is 5.77. The van der Waals surface area contributed by atoms with Gasteiger partial charge in [0, 0.05) is 43.5 Å². The van der Waals surface area contributed by atoms with Crippen molar-refractivity contribution < 1.29 is 9.53 Å². The number of carbonyl (C=O) groups excluding carboxylic acids is 1. The van der Waals surface area contributed by atoms with Gasteiger partial charge in [-0.1, -0.05) is 55.8 Å². The minimum atomic E-state index is 0.0863. The maximum absolute atomic E-state index is 12.6. The second-order valence-corrected chi connectivity index (χ2v) is 9.34. The van der Waals surface area contributed by atoms with E-state index in [9.17, 15) is 4.79 Å². The van der Waals surface area contributed by atoms with Gasteiger partial charge < -0.3 is 15.0 Å². The molecule has 0 spiro atoms. The first-order chi connectivity index (χ1) is 16.6. The average Bonchev–Trinajstić information content (AvgIpc) is 3.31. The van der Waals surface area contributed by atoms with Crippen molar-refractivity contribution in [2.75, 3.05) is 25.1 Å². The highest BCUT2D eigenvalue weighted by Gasteiger charge is 2.15. The quantitative estimate of drug-likeness (QED) is 0.340. The number of hydrogen-bond donors (Lipinski definition) is 1. The predicted molar refractivity (Wildman–Crippen MR) is 140 cm³/mol. The maximum Gasteiger partial charge on any atom is 0.221 e. The van der Waals surface area contributed by atoms with Crippen LogP contribution in [0.1, 0.15) is 56.5 Å². The fraction of sp³-hybridized carbons (Fsp3) is 0.444. The Morgan fingerprint density at radius 1 is 1.12 bits per heavy atom. The van der Waals surface area contributed by atoms with E-state index in [1.807, 2.05) is 24.3 Å². The molecule has 1 heterocycles. The Kier molecular flexibility index (Phi) is 10.3. The van der Waals surface area contributed by atoms with Gasteiger partial charge >= 0.3 is 0 Å². The van der Waals surface area contributed by atoms with E-state index in [2.05, 4.69) is 58.8 Å². The largest absolute Gasteiger partial charge is 0.497 e. The number of nitrogens with zero attached hydrogens (tertiary/aromatic N) is 3. The van der Waals surface area contributed by atoms with Crippen LogP contribution in [0.3, 0.4) is 0 Å². The molecule has 34 heavy (non-hydrogen) atoms. The Bertz CT molecular complexity index is 1010. The van der Waals surface area contributed by atoms with Crippen LogP contribution in [0.2, 0.25) is 0 Å². The number of aryl methyl sites for hydroxylation is 1. The highest BCUT2D eigenvalue weighted by molar-refractivity contribution is 7.09. The summed E-state index contributed by atoms with van der Waals surface area (Å²) in [4.78, 5) is 19.6. The van der Waals surface area contributed by atoms with Gasteiger partial charge in [0.15, 0.2) is 0 Å². The zero-order valence-electron chi connectivity index (χ0n) is 20.5. The Balaban J connectivity index is 1.51. The topological polar surface area (TPSA) is 67.4 Å². The van der Waals surface area contributed by atoms with Crippen molar-refractivity contribution in [3.8, 4) is 5.75 Å².